The van der Waals surface area contributed by atoms with Gasteiger partial charge in [-0.15, -0.1) is 5.10 Å². The summed E-state index contributed by atoms with van der Waals surface area (Å²) in [7, 11) is 1.67. The van der Waals surface area contributed by atoms with Gasteiger partial charge >= 0.3 is 5.97 Å². The summed E-state index contributed by atoms with van der Waals surface area (Å²) in [4.78, 5) is 25.6. The third-order valence-corrected chi connectivity index (χ3v) is 4.34. The molecule has 0 aliphatic rings. The van der Waals surface area contributed by atoms with Gasteiger partial charge in [-0.3, -0.25) is 9.59 Å². The van der Waals surface area contributed by atoms with Crippen LogP contribution in [0.3, 0.4) is 0 Å². The normalized spacial score (nSPS) is 10.7. The molecule has 0 saturated carbocycles. The number of para-hydroxylation sites is 1. The van der Waals surface area contributed by atoms with Crippen molar-refractivity contribution >= 4 is 38.8 Å². The first kappa shape index (κ1) is 18.1. The Morgan fingerprint density at radius 2 is 1.88 bits per heavy atom. The summed E-state index contributed by atoms with van der Waals surface area (Å²) in [5, 5.41) is 7.90. The number of carbonyl (C=O) groups is 2. The number of hydrogen-bond donors (Lipinski definition) is 0. The molecular weight excluding hydrogens is 400 g/mol. The van der Waals surface area contributed by atoms with Gasteiger partial charge in [-0.2, -0.15) is 0 Å². The van der Waals surface area contributed by atoms with Crippen LogP contribution in [0, 0.1) is 0 Å². The van der Waals surface area contributed by atoms with Crippen molar-refractivity contribution in [2.45, 2.75) is 13.1 Å². The average Bonchev–Trinajstić information content (AvgIpc) is 3.04. The number of nitrogens with zero attached hydrogens (tertiary/aromatic N) is 4. The van der Waals surface area contributed by atoms with Crippen LogP contribution >= 0.6 is 15.9 Å². The molecule has 1 heterocycles. The van der Waals surface area contributed by atoms with Crippen LogP contribution in [0.1, 0.15) is 5.56 Å². The van der Waals surface area contributed by atoms with Gasteiger partial charge in [-0.25, -0.2) is 4.68 Å². The number of benzene rings is 2. The van der Waals surface area contributed by atoms with E-state index in [2.05, 4.69) is 26.2 Å². The third-order valence-electron chi connectivity index (χ3n) is 3.81. The molecule has 8 heteroatoms. The fraction of sp³-hybridized carbons (Fsp3) is 0.222. The van der Waals surface area contributed by atoms with E-state index in [9.17, 15) is 9.59 Å². The minimum atomic E-state index is -0.536. The SMILES string of the molecule is CN(Cc1ccc(Br)cc1)C(=O)COC(=O)Cn1nnc2ccccc21. The highest BCUT2D eigenvalue weighted by Crippen LogP contribution is 2.12. The zero-order valence-corrected chi connectivity index (χ0v) is 15.7. The molecule has 0 unspecified atom stereocenters. The quantitative estimate of drug-likeness (QED) is 0.576. The standard InChI is InChI=1S/C18H17BrN4O3/c1-22(10-13-6-8-14(19)9-7-13)17(24)12-26-18(25)11-23-16-5-3-2-4-15(16)20-21-23/h2-9H,10-12H2,1H3. The van der Waals surface area contributed by atoms with Crippen molar-refractivity contribution in [3.63, 3.8) is 0 Å². The fourth-order valence-electron chi connectivity index (χ4n) is 2.41. The Balaban J connectivity index is 1.50. The average molecular weight is 417 g/mol. The van der Waals surface area contributed by atoms with Gasteiger partial charge in [-0.05, 0) is 29.8 Å². The second-order valence-corrected chi connectivity index (χ2v) is 6.69. The summed E-state index contributed by atoms with van der Waals surface area (Å²) in [6, 6.07) is 15.0. The summed E-state index contributed by atoms with van der Waals surface area (Å²) in [6.07, 6.45) is 0. The molecule has 0 aliphatic carbocycles. The summed E-state index contributed by atoms with van der Waals surface area (Å²) >= 11 is 3.37. The molecule has 0 aliphatic heterocycles. The van der Waals surface area contributed by atoms with Gasteiger partial charge in [-0.1, -0.05) is 45.4 Å². The molecule has 26 heavy (non-hydrogen) atoms. The van der Waals surface area contributed by atoms with Crippen LogP contribution in [0.5, 0.6) is 0 Å². The number of rotatable bonds is 6. The van der Waals surface area contributed by atoms with Gasteiger partial charge in [0.15, 0.2) is 6.61 Å². The first-order chi connectivity index (χ1) is 12.5. The van der Waals surface area contributed by atoms with E-state index in [-0.39, 0.29) is 19.1 Å². The largest absolute Gasteiger partial charge is 0.454 e. The smallest absolute Gasteiger partial charge is 0.328 e. The molecule has 0 spiro atoms. The summed E-state index contributed by atoms with van der Waals surface area (Å²) in [6.45, 7) is 0.0418. The van der Waals surface area contributed by atoms with E-state index in [0.29, 0.717) is 12.1 Å². The number of ether oxygens (including phenoxy) is 1. The molecule has 1 aromatic heterocycles. The monoisotopic (exact) mass is 416 g/mol. The predicted molar refractivity (Wildman–Crippen MR) is 99.1 cm³/mol. The lowest BCUT2D eigenvalue weighted by atomic mass is 10.2. The highest BCUT2D eigenvalue weighted by Gasteiger charge is 2.14. The van der Waals surface area contributed by atoms with E-state index in [4.69, 9.17) is 4.74 Å². The number of likely N-dealkylation sites (N-methyl/N-ethyl adjacent to an activating group) is 1. The Bertz CT molecular complexity index is 924. The molecule has 0 N–H and O–H groups in total. The van der Waals surface area contributed by atoms with E-state index in [1.807, 2.05) is 48.5 Å². The Kier molecular flexibility index (Phi) is 5.62. The maximum absolute atomic E-state index is 12.1. The van der Waals surface area contributed by atoms with Crippen molar-refractivity contribution < 1.29 is 14.3 Å². The van der Waals surface area contributed by atoms with Crippen LogP contribution in [0.2, 0.25) is 0 Å². The minimum absolute atomic E-state index is 0.0930. The second kappa shape index (κ2) is 8.09. The Morgan fingerprint density at radius 3 is 2.65 bits per heavy atom. The van der Waals surface area contributed by atoms with Gasteiger partial charge in [0.1, 0.15) is 12.1 Å². The first-order valence-electron chi connectivity index (χ1n) is 7.95. The Morgan fingerprint density at radius 1 is 1.15 bits per heavy atom. The molecule has 0 bridgehead atoms. The molecule has 3 rings (SSSR count). The van der Waals surface area contributed by atoms with Crippen molar-refractivity contribution in [1.29, 1.82) is 0 Å². The first-order valence-corrected chi connectivity index (χ1v) is 8.74. The lowest BCUT2D eigenvalue weighted by Gasteiger charge is -2.17. The van der Waals surface area contributed by atoms with Crippen LogP contribution in [-0.2, 0) is 27.4 Å². The zero-order chi connectivity index (χ0) is 18.5. The van der Waals surface area contributed by atoms with Gasteiger partial charge < -0.3 is 9.64 Å². The molecule has 1 amide bonds. The van der Waals surface area contributed by atoms with E-state index < -0.39 is 5.97 Å². The molecule has 2 aromatic carbocycles. The van der Waals surface area contributed by atoms with Crippen molar-refractivity contribution in [2.75, 3.05) is 13.7 Å². The van der Waals surface area contributed by atoms with Gasteiger partial charge in [0.2, 0.25) is 0 Å². The molecule has 3 aromatic rings. The molecule has 0 saturated heterocycles. The molecule has 7 nitrogen and oxygen atoms in total. The third kappa shape index (κ3) is 4.45. The highest BCUT2D eigenvalue weighted by atomic mass is 79.9. The number of hydrogen-bond acceptors (Lipinski definition) is 5. The maximum atomic E-state index is 12.1. The topological polar surface area (TPSA) is 77.3 Å². The lowest BCUT2D eigenvalue weighted by molar-refractivity contribution is -0.152. The number of esters is 1. The van der Waals surface area contributed by atoms with Crippen LogP contribution < -0.4 is 0 Å². The number of amides is 1. The van der Waals surface area contributed by atoms with Gasteiger partial charge in [0.25, 0.3) is 5.91 Å². The van der Waals surface area contributed by atoms with Crippen LogP contribution in [0.25, 0.3) is 11.0 Å². The molecule has 134 valence electrons. The van der Waals surface area contributed by atoms with Gasteiger partial charge in [0, 0.05) is 18.1 Å². The van der Waals surface area contributed by atoms with Gasteiger partial charge in [0.05, 0.1) is 5.52 Å². The van der Waals surface area contributed by atoms with Crippen molar-refractivity contribution in [1.82, 2.24) is 19.9 Å². The number of fused-ring (bicyclic) bond motifs is 1. The molecular formula is C18H17BrN4O3. The highest BCUT2D eigenvalue weighted by molar-refractivity contribution is 9.10. The zero-order valence-electron chi connectivity index (χ0n) is 14.1. The lowest BCUT2D eigenvalue weighted by Crippen LogP contribution is -2.31. The Hall–Kier alpha value is -2.74. The molecule has 0 radical (unpaired) electrons. The number of aromatic nitrogens is 3. The number of carbonyl (C=O) groups excluding carboxylic acids is 2. The Labute approximate surface area is 158 Å². The molecule has 0 fully saturated rings. The molecule has 0 atom stereocenters. The van der Waals surface area contributed by atoms with E-state index >= 15 is 0 Å². The van der Waals surface area contributed by atoms with Crippen molar-refractivity contribution in [3.8, 4) is 0 Å². The van der Waals surface area contributed by atoms with Crippen molar-refractivity contribution in [3.05, 3.63) is 58.6 Å². The summed E-state index contributed by atoms with van der Waals surface area (Å²) in [5.41, 5.74) is 2.43. The predicted octanol–water partition coefficient (Wildman–Crippen LogP) is 2.40. The summed E-state index contributed by atoms with van der Waals surface area (Å²) < 4.78 is 7.51. The van der Waals surface area contributed by atoms with Crippen LogP contribution in [0.15, 0.2) is 53.0 Å². The summed E-state index contributed by atoms with van der Waals surface area (Å²) in [5.74, 6) is -0.809. The fourth-order valence-corrected chi connectivity index (χ4v) is 2.67. The second-order valence-electron chi connectivity index (χ2n) is 5.77. The van der Waals surface area contributed by atoms with E-state index in [0.717, 1.165) is 15.6 Å². The van der Waals surface area contributed by atoms with Crippen LogP contribution in [-0.4, -0.2) is 45.4 Å². The number of halogens is 1. The maximum Gasteiger partial charge on any atom is 0.328 e. The minimum Gasteiger partial charge on any atom is -0.454 e. The van der Waals surface area contributed by atoms with E-state index in [1.54, 1.807) is 7.05 Å². The van der Waals surface area contributed by atoms with Crippen molar-refractivity contribution in [2.24, 2.45) is 0 Å². The van der Waals surface area contributed by atoms with Crippen LogP contribution in [0.4, 0.5) is 0 Å². The van der Waals surface area contributed by atoms with E-state index in [1.165, 1.54) is 9.58 Å².